The maximum atomic E-state index is 13.7. The van der Waals surface area contributed by atoms with E-state index in [9.17, 15) is 18.4 Å². The van der Waals surface area contributed by atoms with Crippen LogP contribution in [0.15, 0.2) is 76.0 Å². The summed E-state index contributed by atoms with van der Waals surface area (Å²) in [4.78, 5) is 25.5. The maximum absolute atomic E-state index is 13.7. The van der Waals surface area contributed by atoms with Gasteiger partial charge in [-0.3, -0.25) is 9.59 Å². The molecule has 3 aromatic rings. The van der Waals surface area contributed by atoms with E-state index in [1.807, 2.05) is 22.9 Å². The van der Waals surface area contributed by atoms with Crippen LogP contribution in [0.25, 0.3) is 6.08 Å². The van der Waals surface area contributed by atoms with Gasteiger partial charge in [-0.25, -0.2) is 13.8 Å². The third-order valence-corrected chi connectivity index (χ3v) is 7.20. The lowest BCUT2D eigenvalue weighted by Gasteiger charge is -2.29. The number of rotatable bonds is 6. The monoisotopic (exact) mass is 506 g/mol. The van der Waals surface area contributed by atoms with Gasteiger partial charge in [-0.15, -0.1) is 0 Å². The lowest BCUT2D eigenvalue weighted by Crippen LogP contribution is -2.34. The van der Waals surface area contributed by atoms with Crippen molar-refractivity contribution >= 4 is 35.0 Å². The maximum Gasteiger partial charge on any atom is 0.310 e. The third-order valence-electron chi connectivity index (χ3n) is 6.46. The minimum atomic E-state index is -0.485. The smallest absolute Gasteiger partial charge is 0.310 e. The number of hydrazone groups is 1. The molecule has 2 aromatic carbocycles. The van der Waals surface area contributed by atoms with Crippen LogP contribution in [-0.4, -0.2) is 29.2 Å². The van der Waals surface area contributed by atoms with E-state index in [2.05, 4.69) is 0 Å². The fourth-order valence-corrected chi connectivity index (χ4v) is 5.45. The molecule has 1 aromatic heterocycles. The van der Waals surface area contributed by atoms with Crippen molar-refractivity contribution in [3.05, 3.63) is 99.3 Å². The van der Waals surface area contributed by atoms with E-state index in [0.29, 0.717) is 0 Å². The number of hydrogen-bond donors (Lipinski definition) is 0. The van der Waals surface area contributed by atoms with Gasteiger partial charge >= 0.3 is 5.97 Å². The van der Waals surface area contributed by atoms with Gasteiger partial charge < -0.3 is 4.74 Å². The minimum Gasteiger partial charge on any atom is -0.455 e. The van der Waals surface area contributed by atoms with Gasteiger partial charge in [0.05, 0.1) is 18.2 Å². The highest BCUT2D eigenvalue weighted by molar-refractivity contribution is 7.08. The van der Waals surface area contributed by atoms with Crippen LogP contribution in [0, 0.1) is 17.6 Å². The largest absolute Gasteiger partial charge is 0.455 e. The van der Waals surface area contributed by atoms with E-state index >= 15 is 0 Å². The molecule has 36 heavy (non-hydrogen) atoms. The quantitative estimate of drug-likeness (QED) is 0.389. The van der Waals surface area contributed by atoms with Gasteiger partial charge in [0.2, 0.25) is 0 Å². The number of amides is 1. The molecule has 1 fully saturated rings. The molecule has 184 valence electrons. The van der Waals surface area contributed by atoms with Crippen LogP contribution in [-0.2, 0) is 20.7 Å². The van der Waals surface area contributed by atoms with Gasteiger partial charge in [0, 0.05) is 5.92 Å². The normalized spacial score (nSPS) is 20.2. The van der Waals surface area contributed by atoms with Crippen molar-refractivity contribution in [2.24, 2.45) is 11.0 Å². The first kappa shape index (κ1) is 24.1. The summed E-state index contributed by atoms with van der Waals surface area (Å²) in [7, 11) is 0. The molecule has 2 heterocycles. The zero-order valence-electron chi connectivity index (χ0n) is 19.4. The first-order chi connectivity index (χ1) is 17.5. The summed E-state index contributed by atoms with van der Waals surface area (Å²) in [6.07, 6.45) is 4.55. The van der Waals surface area contributed by atoms with Gasteiger partial charge in [0.15, 0.2) is 6.61 Å². The molecular weight excluding hydrogens is 482 g/mol. The highest BCUT2D eigenvalue weighted by Gasteiger charge is 2.43. The molecule has 2 unspecified atom stereocenters. The predicted octanol–water partition coefficient (Wildman–Crippen LogP) is 5.94. The first-order valence-electron chi connectivity index (χ1n) is 11.8. The second kappa shape index (κ2) is 10.5. The number of carbonyl (C=O) groups excluding carboxylic acids is 2. The van der Waals surface area contributed by atoms with Gasteiger partial charge in [-0.05, 0) is 88.7 Å². The fraction of sp³-hybridized carbons (Fsp3) is 0.250. The summed E-state index contributed by atoms with van der Waals surface area (Å²) in [6.45, 7) is -0.429. The average Bonchev–Trinajstić information content (AvgIpc) is 3.53. The Balaban J connectivity index is 1.41. The van der Waals surface area contributed by atoms with Gasteiger partial charge in [-0.1, -0.05) is 24.3 Å². The third kappa shape index (κ3) is 5.28. The second-order valence-corrected chi connectivity index (χ2v) is 9.69. The van der Waals surface area contributed by atoms with E-state index < -0.39 is 24.5 Å². The zero-order valence-corrected chi connectivity index (χ0v) is 20.2. The molecular formula is C28H24F2N2O3S. The molecule has 0 N–H and O–H groups in total. The van der Waals surface area contributed by atoms with Crippen LogP contribution in [0.3, 0.4) is 0 Å². The molecule has 0 radical (unpaired) electrons. The van der Waals surface area contributed by atoms with Crippen molar-refractivity contribution in [3.8, 4) is 0 Å². The number of allylic oxidation sites excluding steroid dienone is 1. The van der Waals surface area contributed by atoms with Gasteiger partial charge in [-0.2, -0.15) is 16.4 Å². The van der Waals surface area contributed by atoms with E-state index in [1.165, 1.54) is 40.6 Å². The number of carbonyl (C=O) groups is 2. The Kier molecular flexibility index (Phi) is 7.04. The molecule has 1 aliphatic heterocycles. The second-order valence-electron chi connectivity index (χ2n) is 8.91. The van der Waals surface area contributed by atoms with Crippen molar-refractivity contribution in [1.29, 1.82) is 0 Å². The molecule has 2 aliphatic rings. The summed E-state index contributed by atoms with van der Waals surface area (Å²) in [5.74, 6) is -1.68. The number of thiophene rings is 1. The summed E-state index contributed by atoms with van der Waals surface area (Å²) < 4.78 is 32.3. The number of fused-ring (bicyclic) bond motifs is 1. The average molecular weight is 507 g/mol. The highest BCUT2D eigenvalue weighted by atomic mass is 32.1. The predicted molar refractivity (Wildman–Crippen MR) is 134 cm³/mol. The fourth-order valence-electron chi connectivity index (χ4n) is 4.78. The Morgan fingerprint density at radius 3 is 2.47 bits per heavy atom. The van der Waals surface area contributed by atoms with Crippen molar-refractivity contribution in [2.75, 3.05) is 6.61 Å². The first-order valence-corrected chi connectivity index (χ1v) is 12.7. The minimum absolute atomic E-state index is 0.0821. The molecule has 0 bridgehead atoms. The van der Waals surface area contributed by atoms with Gasteiger partial charge in [0.25, 0.3) is 5.91 Å². The van der Waals surface area contributed by atoms with E-state index in [0.717, 1.165) is 47.2 Å². The highest BCUT2D eigenvalue weighted by Crippen LogP contribution is 2.44. The standard InChI is InChI=1S/C28H24F2N2O3S/c29-22-8-4-18(5-9-22)14-21-2-1-3-24-27(21)31-32(28(24)20-6-10-23(30)11-7-20)25(33)16-35-26(34)15-19-12-13-36-17-19/h4-14,17,24,28H,1-3,15-16H2. The number of esters is 1. The van der Waals surface area contributed by atoms with Crippen LogP contribution >= 0.6 is 11.3 Å². The number of benzene rings is 2. The summed E-state index contributed by atoms with van der Waals surface area (Å²) in [5, 5.41) is 9.83. The van der Waals surface area contributed by atoms with Crippen LogP contribution in [0.2, 0.25) is 0 Å². The van der Waals surface area contributed by atoms with Gasteiger partial charge in [0.1, 0.15) is 11.6 Å². The van der Waals surface area contributed by atoms with Crippen molar-refractivity contribution in [2.45, 2.75) is 31.7 Å². The lowest BCUT2D eigenvalue weighted by atomic mass is 9.77. The van der Waals surface area contributed by atoms with Crippen LogP contribution in [0.1, 0.15) is 42.0 Å². The Labute approximate surface area is 211 Å². The molecule has 5 nitrogen and oxygen atoms in total. The number of ether oxygens (including phenoxy) is 1. The molecule has 1 aliphatic carbocycles. The molecule has 8 heteroatoms. The molecule has 2 atom stereocenters. The lowest BCUT2D eigenvalue weighted by molar-refractivity contribution is -0.152. The topological polar surface area (TPSA) is 59.0 Å². The SMILES string of the molecule is O=C(Cc1ccsc1)OCC(=O)N1N=C2C(=Cc3ccc(F)cc3)CCCC2C1c1ccc(F)cc1. The van der Waals surface area contributed by atoms with E-state index in [1.54, 1.807) is 24.3 Å². The zero-order chi connectivity index (χ0) is 25.1. The summed E-state index contributed by atoms with van der Waals surface area (Å²) >= 11 is 1.49. The van der Waals surface area contributed by atoms with Crippen molar-refractivity contribution in [3.63, 3.8) is 0 Å². The Hall–Kier alpha value is -3.65. The number of halogens is 2. The number of hydrogen-bond acceptors (Lipinski definition) is 5. The van der Waals surface area contributed by atoms with Crippen LogP contribution in [0.5, 0.6) is 0 Å². The van der Waals surface area contributed by atoms with Crippen LogP contribution in [0.4, 0.5) is 8.78 Å². The molecule has 0 saturated heterocycles. The summed E-state index contributed by atoms with van der Waals surface area (Å²) in [5.41, 5.74) is 4.22. The van der Waals surface area contributed by atoms with Crippen molar-refractivity contribution < 1.29 is 23.1 Å². The number of nitrogens with zero attached hydrogens (tertiary/aromatic N) is 2. The summed E-state index contributed by atoms with van der Waals surface area (Å²) in [6, 6.07) is 13.7. The molecule has 1 saturated carbocycles. The molecule has 0 spiro atoms. The van der Waals surface area contributed by atoms with Crippen molar-refractivity contribution in [1.82, 2.24) is 5.01 Å². The van der Waals surface area contributed by atoms with E-state index in [-0.39, 0.29) is 24.0 Å². The molecule has 1 amide bonds. The Morgan fingerprint density at radius 1 is 1.06 bits per heavy atom. The van der Waals surface area contributed by atoms with Crippen LogP contribution < -0.4 is 0 Å². The Bertz CT molecular complexity index is 1300. The molecule has 5 rings (SSSR count). The van der Waals surface area contributed by atoms with E-state index in [4.69, 9.17) is 9.84 Å². The Morgan fingerprint density at radius 2 is 1.78 bits per heavy atom.